The second kappa shape index (κ2) is 5.87. The van der Waals surface area contributed by atoms with Gasteiger partial charge in [0.15, 0.2) is 5.82 Å². The zero-order chi connectivity index (χ0) is 14.8. The Bertz CT molecular complexity index is 658. The summed E-state index contributed by atoms with van der Waals surface area (Å²) in [7, 11) is 2.03. The molecule has 1 aliphatic heterocycles. The summed E-state index contributed by atoms with van der Waals surface area (Å²) >= 11 is 1.86. The van der Waals surface area contributed by atoms with Gasteiger partial charge in [-0.2, -0.15) is 16.7 Å². The summed E-state index contributed by atoms with van der Waals surface area (Å²) < 4.78 is 5.28. The Morgan fingerprint density at radius 1 is 1.48 bits per heavy atom. The van der Waals surface area contributed by atoms with E-state index in [1.54, 1.807) is 18.2 Å². The van der Waals surface area contributed by atoms with Crippen molar-refractivity contribution in [2.24, 2.45) is 0 Å². The number of hydrogen-bond acceptors (Lipinski definition) is 6. The molecule has 1 N–H and O–H groups in total. The molecule has 3 rings (SSSR count). The van der Waals surface area contributed by atoms with Gasteiger partial charge in [-0.1, -0.05) is 17.3 Å². The number of thioether (sulfide) groups is 1. The molecular formula is C14H15N3O3S. The molecule has 7 heteroatoms. The van der Waals surface area contributed by atoms with E-state index in [-0.39, 0.29) is 17.5 Å². The summed E-state index contributed by atoms with van der Waals surface area (Å²) in [6.45, 7) is 0.977. The first-order chi connectivity index (χ1) is 10.2. The van der Waals surface area contributed by atoms with Crippen LogP contribution in [0.3, 0.4) is 0 Å². The van der Waals surface area contributed by atoms with Gasteiger partial charge in [-0.15, -0.1) is 0 Å². The van der Waals surface area contributed by atoms with Gasteiger partial charge in [0.2, 0.25) is 0 Å². The van der Waals surface area contributed by atoms with Crippen molar-refractivity contribution < 1.29 is 14.4 Å². The van der Waals surface area contributed by atoms with Gasteiger partial charge in [0, 0.05) is 18.1 Å². The summed E-state index contributed by atoms with van der Waals surface area (Å²) in [5.41, 5.74) is 0.619. The Labute approximate surface area is 126 Å². The van der Waals surface area contributed by atoms with Crippen LogP contribution in [0.1, 0.15) is 22.2 Å². The third kappa shape index (κ3) is 2.79. The van der Waals surface area contributed by atoms with Crippen molar-refractivity contribution in [3.63, 3.8) is 0 Å². The molecule has 1 atom stereocenters. The number of carboxylic acid groups (broad SMARTS) is 1. The summed E-state index contributed by atoms with van der Waals surface area (Å²) in [6, 6.07) is 6.76. The zero-order valence-corrected chi connectivity index (χ0v) is 12.3. The predicted molar refractivity (Wildman–Crippen MR) is 79.4 cm³/mol. The standard InChI is InChI=1S/C14H15N3O3S/c1-17-6-7-21-8-11(17)12-15-13(20-16-12)9-4-2-3-5-10(9)14(18)19/h2-5,11H,6-8H2,1H3,(H,18,19). The molecule has 0 bridgehead atoms. The van der Waals surface area contributed by atoms with E-state index in [1.807, 2.05) is 18.8 Å². The minimum atomic E-state index is -1.00. The Hall–Kier alpha value is -1.86. The second-order valence-corrected chi connectivity index (χ2v) is 6.03. The monoisotopic (exact) mass is 305 g/mol. The molecule has 0 aliphatic carbocycles. The SMILES string of the molecule is CN1CCSCC1c1noc(-c2ccccc2C(=O)O)n1. The number of aromatic nitrogens is 2. The molecule has 1 aliphatic rings. The van der Waals surface area contributed by atoms with Crippen molar-refractivity contribution in [1.82, 2.24) is 15.0 Å². The number of nitrogens with zero attached hydrogens (tertiary/aromatic N) is 3. The average Bonchev–Trinajstić information content (AvgIpc) is 2.97. The van der Waals surface area contributed by atoms with Crippen LogP contribution in [0, 0.1) is 0 Å². The number of benzene rings is 1. The summed E-state index contributed by atoms with van der Waals surface area (Å²) in [5.74, 6) is 1.87. The lowest BCUT2D eigenvalue weighted by Crippen LogP contribution is -2.33. The van der Waals surface area contributed by atoms with E-state index in [9.17, 15) is 9.90 Å². The van der Waals surface area contributed by atoms with Crippen molar-refractivity contribution in [2.45, 2.75) is 6.04 Å². The maximum absolute atomic E-state index is 11.3. The molecule has 1 unspecified atom stereocenters. The van der Waals surface area contributed by atoms with Gasteiger partial charge in [-0.3, -0.25) is 4.90 Å². The number of hydrogen-bond donors (Lipinski definition) is 1. The molecule has 6 nitrogen and oxygen atoms in total. The van der Waals surface area contributed by atoms with E-state index < -0.39 is 5.97 Å². The molecule has 0 radical (unpaired) electrons. The number of rotatable bonds is 3. The lowest BCUT2D eigenvalue weighted by atomic mass is 10.1. The van der Waals surface area contributed by atoms with Crippen LogP contribution < -0.4 is 0 Å². The van der Waals surface area contributed by atoms with Gasteiger partial charge in [-0.05, 0) is 19.2 Å². The van der Waals surface area contributed by atoms with Crippen LogP contribution in [0.15, 0.2) is 28.8 Å². The molecule has 1 aromatic heterocycles. The zero-order valence-electron chi connectivity index (χ0n) is 11.5. The Morgan fingerprint density at radius 3 is 3.05 bits per heavy atom. The fourth-order valence-electron chi connectivity index (χ4n) is 2.29. The normalized spacial score (nSPS) is 19.6. The van der Waals surface area contributed by atoms with E-state index in [4.69, 9.17) is 4.52 Å². The first-order valence-electron chi connectivity index (χ1n) is 6.61. The summed E-state index contributed by atoms with van der Waals surface area (Å²) in [4.78, 5) is 17.8. The van der Waals surface area contributed by atoms with Crippen molar-refractivity contribution >= 4 is 17.7 Å². The summed E-state index contributed by atoms with van der Waals surface area (Å²) in [6.07, 6.45) is 0. The van der Waals surface area contributed by atoms with Gasteiger partial charge in [-0.25, -0.2) is 4.79 Å². The fourth-order valence-corrected chi connectivity index (χ4v) is 3.50. The average molecular weight is 305 g/mol. The Kier molecular flexibility index (Phi) is 3.94. The highest BCUT2D eigenvalue weighted by Gasteiger charge is 2.26. The van der Waals surface area contributed by atoms with Crippen molar-refractivity contribution in [1.29, 1.82) is 0 Å². The van der Waals surface area contributed by atoms with Gasteiger partial charge in [0.25, 0.3) is 5.89 Å². The van der Waals surface area contributed by atoms with Gasteiger partial charge in [0.05, 0.1) is 17.2 Å². The van der Waals surface area contributed by atoms with E-state index in [0.717, 1.165) is 18.1 Å². The number of carbonyl (C=O) groups is 1. The quantitative estimate of drug-likeness (QED) is 0.930. The van der Waals surface area contributed by atoms with E-state index in [2.05, 4.69) is 15.0 Å². The summed E-state index contributed by atoms with van der Waals surface area (Å²) in [5, 5.41) is 13.3. The molecule has 2 aromatic rings. The van der Waals surface area contributed by atoms with E-state index >= 15 is 0 Å². The van der Waals surface area contributed by atoms with Crippen LogP contribution in [0.25, 0.3) is 11.5 Å². The molecule has 21 heavy (non-hydrogen) atoms. The Morgan fingerprint density at radius 2 is 2.29 bits per heavy atom. The maximum Gasteiger partial charge on any atom is 0.336 e. The highest BCUT2D eigenvalue weighted by Crippen LogP contribution is 2.29. The predicted octanol–water partition coefficient (Wildman–Crippen LogP) is 2.15. The van der Waals surface area contributed by atoms with Crippen LogP contribution in [-0.4, -0.2) is 51.2 Å². The molecule has 1 fully saturated rings. The minimum Gasteiger partial charge on any atom is -0.478 e. The third-order valence-electron chi connectivity index (χ3n) is 3.52. The first kappa shape index (κ1) is 14.1. The Balaban J connectivity index is 1.93. The van der Waals surface area contributed by atoms with Crippen molar-refractivity contribution in [2.75, 3.05) is 25.1 Å². The van der Waals surface area contributed by atoms with Crippen molar-refractivity contribution in [3.8, 4) is 11.5 Å². The van der Waals surface area contributed by atoms with Crippen molar-refractivity contribution in [3.05, 3.63) is 35.7 Å². The van der Waals surface area contributed by atoms with Crippen LogP contribution in [-0.2, 0) is 0 Å². The molecule has 2 heterocycles. The number of aromatic carboxylic acids is 1. The molecular weight excluding hydrogens is 290 g/mol. The molecule has 0 saturated carbocycles. The molecule has 0 spiro atoms. The molecule has 1 aromatic carbocycles. The largest absolute Gasteiger partial charge is 0.478 e. The highest BCUT2D eigenvalue weighted by molar-refractivity contribution is 7.99. The van der Waals surface area contributed by atoms with Gasteiger partial charge < -0.3 is 9.63 Å². The molecule has 1 saturated heterocycles. The van der Waals surface area contributed by atoms with Gasteiger partial charge >= 0.3 is 5.97 Å². The number of carboxylic acids is 1. The van der Waals surface area contributed by atoms with Crippen LogP contribution in [0.4, 0.5) is 0 Å². The smallest absolute Gasteiger partial charge is 0.336 e. The lowest BCUT2D eigenvalue weighted by Gasteiger charge is -2.29. The van der Waals surface area contributed by atoms with E-state index in [1.165, 1.54) is 6.07 Å². The highest BCUT2D eigenvalue weighted by atomic mass is 32.2. The fraction of sp³-hybridized carbons (Fsp3) is 0.357. The maximum atomic E-state index is 11.3. The molecule has 110 valence electrons. The molecule has 0 amide bonds. The van der Waals surface area contributed by atoms with E-state index in [0.29, 0.717) is 11.4 Å². The lowest BCUT2D eigenvalue weighted by molar-refractivity contribution is 0.0697. The van der Waals surface area contributed by atoms with Crippen LogP contribution >= 0.6 is 11.8 Å². The first-order valence-corrected chi connectivity index (χ1v) is 7.76. The third-order valence-corrected chi connectivity index (χ3v) is 4.55. The second-order valence-electron chi connectivity index (χ2n) is 4.88. The van der Waals surface area contributed by atoms with Gasteiger partial charge in [0.1, 0.15) is 0 Å². The van der Waals surface area contributed by atoms with Crippen LogP contribution in [0.2, 0.25) is 0 Å². The minimum absolute atomic E-state index is 0.109. The van der Waals surface area contributed by atoms with Crippen LogP contribution in [0.5, 0.6) is 0 Å². The topological polar surface area (TPSA) is 79.5 Å².